The van der Waals surface area contributed by atoms with E-state index in [2.05, 4.69) is 24.9 Å². The molecule has 0 aromatic heterocycles. The Hall–Kier alpha value is -1.40. The lowest BCUT2D eigenvalue weighted by Gasteiger charge is -2.36. The Morgan fingerprint density at radius 2 is 2.11 bits per heavy atom. The Labute approximate surface area is 114 Å². The second kappa shape index (κ2) is 6.16. The van der Waals surface area contributed by atoms with Gasteiger partial charge in [-0.25, -0.2) is 4.39 Å². The van der Waals surface area contributed by atoms with E-state index in [-0.39, 0.29) is 5.82 Å². The Kier molecular flexibility index (Phi) is 4.55. The van der Waals surface area contributed by atoms with Crippen molar-refractivity contribution in [3.8, 4) is 6.07 Å². The third kappa shape index (κ3) is 3.33. The summed E-state index contributed by atoms with van der Waals surface area (Å²) < 4.78 is 13.3. The maximum absolute atomic E-state index is 13.3. The molecule has 0 amide bonds. The molecule has 1 fully saturated rings. The van der Waals surface area contributed by atoms with Crippen molar-refractivity contribution in [2.24, 2.45) is 5.92 Å². The van der Waals surface area contributed by atoms with Gasteiger partial charge in [-0.05, 0) is 49.6 Å². The van der Waals surface area contributed by atoms with Crippen LogP contribution in [0.1, 0.15) is 43.7 Å². The molecule has 0 heterocycles. The van der Waals surface area contributed by atoms with Gasteiger partial charge in [0.05, 0.1) is 11.6 Å². The van der Waals surface area contributed by atoms with Crippen LogP contribution < -0.4 is 0 Å². The highest BCUT2D eigenvalue weighted by Crippen LogP contribution is 2.28. The minimum absolute atomic E-state index is 0.265. The second-order valence-corrected chi connectivity index (χ2v) is 5.66. The molecule has 0 radical (unpaired) electrons. The first kappa shape index (κ1) is 14.0. The van der Waals surface area contributed by atoms with E-state index in [4.69, 9.17) is 5.26 Å². The topological polar surface area (TPSA) is 27.0 Å². The van der Waals surface area contributed by atoms with E-state index in [0.29, 0.717) is 24.1 Å². The second-order valence-electron chi connectivity index (χ2n) is 5.66. The van der Waals surface area contributed by atoms with Crippen LogP contribution >= 0.6 is 0 Å². The number of nitriles is 1. The molecule has 2 atom stereocenters. The SMILES string of the molecule is CC1CCCCC1N(C)Cc1cc(F)ccc1C#N. The Balaban J connectivity index is 2.12. The zero-order chi connectivity index (χ0) is 13.8. The smallest absolute Gasteiger partial charge is 0.123 e. The quantitative estimate of drug-likeness (QED) is 0.828. The van der Waals surface area contributed by atoms with Crippen LogP contribution in [-0.2, 0) is 6.54 Å². The largest absolute Gasteiger partial charge is 0.299 e. The molecule has 1 saturated carbocycles. The van der Waals surface area contributed by atoms with E-state index in [0.717, 1.165) is 5.56 Å². The fourth-order valence-corrected chi connectivity index (χ4v) is 3.14. The molecular weight excluding hydrogens is 239 g/mol. The molecule has 19 heavy (non-hydrogen) atoms. The molecule has 0 N–H and O–H groups in total. The minimum Gasteiger partial charge on any atom is -0.299 e. The van der Waals surface area contributed by atoms with Crippen LogP contribution in [0.5, 0.6) is 0 Å². The van der Waals surface area contributed by atoms with Crippen LogP contribution in [0.25, 0.3) is 0 Å². The summed E-state index contributed by atoms with van der Waals surface area (Å²) in [4.78, 5) is 2.28. The number of rotatable bonds is 3. The third-order valence-electron chi connectivity index (χ3n) is 4.24. The van der Waals surface area contributed by atoms with E-state index in [9.17, 15) is 4.39 Å². The van der Waals surface area contributed by atoms with Crippen LogP contribution in [0.2, 0.25) is 0 Å². The first-order chi connectivity index (χ1) is 9.11. The third-order valence-corrected chi connectivity index (χ3v) is 4.24. The van der Waals surface area contributed by atoms with Crippen LogP contribution in [0.3, 0.4) is 0 Å². The Morgan fingerprint density at radius 3 is 2.79 bits per heavy atom. The number of hydrogen-bond donors (Lipinski definition) is 0. The highest BCUT2D eigenvalue weighted by Gasteiger charge is 2.25. The molecule has 2 unspecified atom stereocenters. The van der Waals surface area contributed by atoms with E-state index in [1.165, 1.54) is 37.8 Å². The van der Waals surface area contributed by atoms with E-state index < -0.39 is 0 Å². The monoisotopic (exact) mass is 260 g/mol. The van der Waals surface area contributed by atoms with Crippen LogP contribution in [0.15, 0.2) is 18.2 Å². The normalized spacial score (nSPS) is 23.3. The first-order valence-electron chi connectivity index (χ1n) is 7.00. The Morgan fingerprint density at radius 1 is 1.37 bits per heavy atom. The van der Waals surface area contributed by atoms with Gasteiger partial charge in [0.1, 0.15) is 5.82 Å². The molecule has 1 aliphatic rings. The fraction of sp³-hybridized carbons (Fsp3) is 0.562. The molecular formula is C16H21FN2. The van der Waals surface area contributed by atoms with Crippen molar-refractivity contribution in [1.29, 1.82) is 5.26 Å². The fourth-order valence-electron chi connectivity index (χ4n) is 3.14. The van der Waals surface area contributed by atoms with Crippen molar-refractivity contribution < 1.29 is 4.39 Å². The summed E-state index contributed by atoms with van der Waals surface area (Å²) in [6.45, 7) is 2.94. The van der Waals surface area contributed by atoms with Gasteiger partial charge in [-0.3, -0.25) is 4.90 Å². The summed E-state index contributed by atoms with van der Waals surface area (Å²) in [7, 11) is 2.08. The van der Waals surface area contributed by atoms with Gasteiger partial charge in [-0.2, -0.15) is 5.26 Å². The summed E-state index contributed by atoms with van der Waals surface area (Å²) in [5, 5.41) is 9.09. The van der Waals surface area contributed by atoms with Crippen molar-refractivity contribution in [1.82, 2.24) is 4.90 Å². The van der Waals surface area contributed by atoms with Gasteiger partial charge in [-0.15, -0.1) is 0 Å². The van der Waals surface area contributed by atoms with Crippen LogP contribution in [-0.4, -0.2) is 18.0 Å². The van der Waals surface area contributed by atoms with Gasteiger partial charge in [0.2, 0.25) is 0 Å². The molecule has 102 valence electrons. The molecule has 2 rings (SSSR count). The van der Waals surface area contributed by atoms with Crippen molar-refractivity contribution in [3.63, 3.8) is 0 Å². The number of nitrogens with zero attached hydrogens (tertiary/aromatic N) is 2. The van der Waals surface area contributed by atoms with Gasteiger partial charge < -0.3 is 0 Å². The number of halogens is 1. The number of benzene rings is 1. The summed E-state index contributed by atoms with van der Waals surface area (Å²) in [5.41, 5.74) is 1.37. The lowest BCUT2D eigenvalue weighted by molar-refractivity contribution is 0.133. The van der Waals surface area contributed by atoms with Gasteiger partial charge in [0.25, 0.3) is 0 Å². The first-order valence-corrected chi connectivity index (χ1v) is 7.00. The standard InChI is InChI=1S/C16H21FN2/c1-12-5-3-4-6-16(12)19(2)11-14-9-15(17)8-7-13(14)10-18/h7-9,12,16H,3-6,11H2,1-2H3. The zero-order valence-electron chi connectivity index (χ0n) is 11.7. The molecule has 0 spiro atoms. The zero-order valence-corrected chi connectivity index (χ0v) is 11.7. The summed E-state index contributed by atoms with van der Waals surface area (Å²) in [6.07, 6.45) is 5.06. The maximum Gasteiger partial charge on any atom is 0.123 e. The van der Waals surface area contributed by atoms with Gasteiger partial charge in [0.15, 0.2) is 0 Å². The minimum atomic E-state index is -0.265. The van der Waals surface area contributed by atoms with Gasteiger partial charge in [0, 0.05) is 12.6 Å². The highest BCUT2D eigenvalue weighted by molar-refractivity contribution is 5.37. The summed E-state index contributed by atoms with van der Waals surface area (Å²) >= 11 is 0. The van der Waals surface area contributed by atoms with Crippen molar-refractivity contribution in [3.05, 3.63) is 35.1 Å². The van der Waals surface area contributed by atoms with Crippen molar-refractivity contribution in [2.45, 2.75) is 45.2 Å². The average Bonchev–Trinajstić information content (AvgIpc) is 2.39. The predicted molar refractivity (Wildman–Crippen MR) is 74.0 cm³/mol. The van der Waals surface area contributed by atoms with Gasteiger partial charge in [-0.1, -0.05) is 19.8 Å². The van der Waals surface area contributed by atoms with E-state index >= 15 is 0 Å². The van der Waals surface area contributed by atoms with Crippen LogP contribution in [0.4, 0.5) is 4.39 Å². The number of hydrogen-bond acceptors (Lipinski definition) is 2. The van der Waals surface area contributed by atoms with Crippen molar-refractivity contribution in [2.75, 3.05) is 7.05 Å². The van der Waals surface area contributed by atoms with E-state index in [1.54, 1.807) is 6.07 Å². The summed E-state index contributed by atoms with van der Waals surface area (Å²) in [5.74, 6) is 0.414. The lowest BCUT2D eigenvalue weighted by Crippen LogP contribution is -2.38. The molecule has 0 bridgehead atoms. The highest BCUT2D eigenvalue weighted by atomic mass is 19.1. The van der Waals surface area contributed by atoms with Crippen molar-refractivity contribution >= 4 is 0 Å². The molecule has 0 aliphatic heterocycles. The molecule has 0 saturated heterocycles. The molecule has 1 aliphatic carbocycles. The molecule has 2 nitrogen and oxygen atoms in total. The average molecular weight is 260 g/mol. The predicted octanol–water partition coefficient (Wildman–Crippen LogP) is 3.71. The van der Waals surface area contributed by atoms with E-state index in [1.807, 2.05) is 0 Å². The maximum atomic E-state index is 13.3. The van der Waals surface area contributed by atoms with Gasteiger partial charge >= 0.3 is 0 Å². The molecule has 1 aromatic rings. The molecule has 3 heteroatoms. The Bertz CT molecular complexity index is 478. The van der Waals surface area contributed by atoms with Crippen LogP contribution in [0, 0.1) is 23.1 Å². The molecule has 1 aromatic carbocycles. The lowest BCUT2D eigenvalue weighted by atomic mass is 9.85. The summed E-state index contributed by atoms with van der Waals surface area (Å²) in [6, 6.07) is 7.11.